The van der Waals surface area contributed by atoms with Gasteiger partial charge in [-0.25, -0.2) is 9.59 Å². The van der Waals surface area contributed by atoms with Crippen molar-refractivity contribution < 1.29 is 19.5 Å². The molecule has 1 aliphatic heterocycles. The van der Waals surface area contributed by atoms with Gasteiger partial charge in [0.05, 0.1) is 0 Å². The van der Waals surface area contributed by atoms with Gasteiger partial charge >= 0.3 is 12.0 Å². The first-order valence-electron chi connectivity index (χ1n) is 6.87. The zero-order valence-electron chi connectivity index (χ0n) is 12.2. The van der Waals surface area contributed by atoms with E-state index in [2.05, 4.69) is 5.32 Å². The summed E-state index contributed by atoms with van der Waals surface area (Å²) in [6.45, 7) is 5.33. The Labute approximate surface area is 118 Å². The van der Waals surface area contributed by atoms with Crippen LogP contribution in [-0.4, -0.2) is 40.5 Å². The quantitative estimate of drug-likeness (QED) is 0.757. The number of imide groups is 1. The van der Waals surface area contributed by atoms with E-state index in [4.69, 9.17) is 5.11 Å². The molecule has 0 bridgehead atoms. The van der Waals surface area contributed by atoms with Crippen molar-refractivity contribution in [3.8, 4) is 0 Å². The number of carboxylic acid groups (broad SMARTS) is 1. The predicted molar refractivity (Wildman–Crippen MR) is 74.2 cm³/mol. The minimum absolute atomic E-state index is 0.0494. The number of urea groups is 1. The van der Waals surface area contributed by atoms with E-state index in [1.807, 2.05) is 6.92 Å². The monoisotopic (exact) mass is 282 g/mol. The second kappa shape index (κ2) is 7.07. The van der Waals surface area contributed by atoms with Gasteiger partial charge in [-0.2, -0.15) is 0 Å². The summed E-state index contributed by atoms with van der Waals surface area (Å²) in [6.07, 6.45) is 4.01. The van der Waals surface area contributed by atoms with Gasteiger partial charge in [-0.15, -0.1) is 0 Å². The number of hydrogen-bond acceptors (Lipinski definition) is 3. The molecule has 0 spiro atoms. The number of hydrogen-bond donors (Lipinski definition) is 2. The highest BCUT2D eigenvalue weighted by Crippen LogP contribution is 2.16. The van der Waals surface area contributed by atoms with E-state index in [0.717, 1.165) is 25.7 Å². The molecule has 6 heteroatoms. The van der Waals surface area contributed by atoms with Gasteiger partial charge in [-0.3, -0.25) is 10.1 Å². The third-order valence-electron chi connectivity index (χ3n) is 3.76. The van der Waals surface area contributed by atoms with Crippen molar-refractivity contribution in [2.75, 3.05) is 6.54 Å². The second-order valence-corrected chi connectivity index (χ2v) is 5.21. The lowest BCUT2D eigenvalue weighted by atomic mass is 10.1. The van der Waals surface area contributed by atoms with Crippen LogP contribution in [0.25, 0.3) is 0 Å². The molecule has 1 atom stereocenters. The molecule has 3 amide bonds. The van der Waals surface area contributed by atoms with E-state index in [9.17, 15) is 14.4 Å². The Balaban J connectivity index is 2.72. The zero-order chi connectivity index (χ0) is 15.3. The highest BCUT2D eigenvalue weighted by atomic mass is 16.4. The number of carbonyl (C=O) groups is 3. The molecule has 20 heavy (non-hydrogen) atoms. The van der Waals surface area contributed by atoms with Crippen molar-refractivity contribution in [1.29, 1.82) is 0 Å². The number of aliphatic carboxylic acids is 1. The zero-order valence-corrected chi connectivity index (χ0v) is 12.2. The van der Waals surface area contributed by atoms with E-state index >= 15 is 0 Å². The molecule has 1 aliphatic rings. The van der Waals surface area contributed by atoms with Crippen molar-refractivity contribution in [1.82, 2.24) is 10.2 Å². The smallest absolute Gasteiger partial charge is 0.331 e. The summed E-state index contributed by atoms with van der Waals surface area (Å²) in [6, 6.07) is -0.350. The molecule has 0 aromatic carbocycles. The molecule has 0 saturated carbocycles. The van der Waals surface area contributed by atoms with Crippen molar-refractivity contribution in [3.05, 3.63) is 11.1 Å². The first-order valence-corrected chi connectivity index (χ1v) is 6.87. The Morgan fingerprint density at radius 1 is 1.10 bits per heavy atom. The van der Waals surface area contributed by atoms with Crippen LogP contribution in [0.5, 0.6) is 0 Å². The van der Waals surface area contributed by atoms with Crippen LogP contribution in [0.4, 0.5) is 4.79 Å². The Bertz CT molecular complexity index is 442. The molecule has 0 aliphatic carbocycles. The SMILES string of the molecule is CC(C(=O)O)=C(C)C(=O)NC(=O)N1CCCCCC1C. The van der Waals surface area contributed by atoms with Crippen LogP contribution in [0.2, 0.25) is 0 Å². The topological polar surface area (TPSA) is 86.7 Å². The third-order valence-corrected chi connectivity index (χ3v) is 3.76. The fourth-order valence-electron chi connectivity index (χ4n) is 2.17. The average molecular weight is 282 g/mol. The fraction of sp³-hybridized carbons (Fsp3) is 0.643. The summed E-state index contributed by atoms with van der Waals surface area (Å²) in [7, 11) is 0. The number of amides is 3. The van der Waals surface area contributed by atoms with Crippen LogP contribution in [0.15, 0.2) is 11.1 Å². The summed E-state index contributed by atoms with van der Waals surface area (Å²) in [5, 5.41) is 11.1. The van der Waals surface area contributed by atoms with Gasteiger partial charge in [0.15, 0.2) is 0 Å². The van der Waals surface area contributed by atoms with Crippen molar-refractivity contribution in [3.63, 3.8) is 0 Å². The maximum Gasteiger partial charge on any atom is 0.331 e. The number of carbonyl (C=O) groups excluding carboxylic acids is 2. The summed E-state index contributed by atoms with van der Waals surface area (Å²) >= 11 is 0. The lowest BCUT2D eigenvalue weighted by molar-refractivity contribution is -0.133. The summed E-state index contributed by atoms with van der Waals surface area (Å²) in [5.41, 5.74) is -0.00691. The number of nitrogens with one attached hydrogen (secondary N) is 1. The van der Waals surface area contributed by atoms with Crippen LogP contribution in [0.1, 0.15) is 46.5 Å². The molecule has 1 fully saturated rings. The van der Waals surface area contributed by atoms with E-state index in [1.165, 1.54) is 13.8 Å². The largest absolute Gasteiger partial charge is 0.478 e. The molecule has 0 radical (unpaired) electrons. The number of carboxylic acids is 1. The minimum atomic E-state index is -1.16. The van der Waals surface area contributed by atoms with Crippen LogP contribution in [0.3, 0.4) is 0 Å². The van der Waals surface area contributed by atoms with Gasteiger partial charge < -0.3 is 10.0 Å². The van der Waals surface area contributed by atoms with Crippen molar-refractivity contribution in [2.45, 2.75) is 52.5 Å². The molecule has 0 aromatic heterocycles. The summed E-state index contributed by atoms with van der Waals surface area (Å²) in [5.74, 6) is -1.81. The number of rotatable bonds is 2. The summed E-state index contributed by atoms with van der Waals surface area (Å²) < 4.78 is 0. The van der Waals surface area contributed by atoms with E-state index in [1.54, 1.807) is 4.90 Å². The van der Waals surface area contributed by atoms with Crippen LogP contribution in [-0.2, 0) is 9.59 Å². The molecule has 112 valence electrons. The molecular formula is C14H22N2O4. The molecule has 6 nitrogen and oxygen atoms in total. The van der Waals surface area contributed by atoms with Gasteiger partial charge in [0.25, 0.3) is 5.91 Å². The van der Waals surface area contributed by atoms with Gasteiger partial charge in [-0.1, -0.05) is 12.8 Å². The maximum atomic E-state index is 12.1. The third kappa shape index (κ3) is 4.08. The Kier molecular flexibility index (Phi) is 5.73. The van der Waals surface area contributed by atoms with Gasteiger partial charge in [0.1, 0.15) is 0 Å². The van der Waals surface area contributed by atoms with Gasteiger partial charge in [0, 0.05) is 23.7 Å². The lowest BCUT2D eigenvalue weighted by Crippen LogP contribution is -2.47. The van der Waals surface area contributed by atoms with Gasteiger partial charge in [0.2, 0.25) is 0 Å². The molecule has 2 N–H and O–H groups in total. The standard InChI is InChI=1S/C14H22N2O4/c1-9-7-5-4-6-8-16(9)14(20)15-12(17)10(2)11(3)13(18)19/h9H,4-8H2,1-3H3,(H,18,19)(H,15,17,20). The first kappa shape index (κ1) is 16.2. The molecule has 1 heterocycles. The molecule has 1 unspecified atom stereocenters. The van der Waals surface area contributed by atoms with Crippen LogP contribution in [0, 0.1) is 0 Å². The van der Waals surface area contributed by atoms with Crippen molar-refractivity contribution in [2.24, 2.45) is 0 Å². The molecular weight excluding hydrogens is 260 g/mol. The highest BCUT2D eigenvalue weighted by Gasteiger charge is 2.24. The van der Waals surface area contributed by atoms with Crippen LogP contribution >= 0.6 is 0 Å². The Morgan fingerprint density at radius 3 is 2.35 bits per heavy atom. The maximum absolute atomic E-state index is 12.1. The number of likely N-dealkylation sites (tertiary alicyclic amines) is 1. The van der Waals surface area contributed by atoms with E-state index in [0.29, 0.717) is 6.54 Å². The highest BCUT2D eigenvalue weighted by molar-refractivity contribution is 6.07. The number of nitrogens with zero attached hydrogens (tertiary/aromatic N) is 1. The van der Waals surface area contributed by atoms with E-state index in [-0.39, 0.29) is 17.2 Å². The predicted octanol–water partition coefficient (Wildman–Crippen LogP) is 1.91. The average Bonchev–Trinajstić information content (AvgIpc) is 2.61. The normalized spacial score (nSPS) is 20.8. The molecule has 0 aromatic rings. The second-order valence-electron chi connectivity index (χ2n) is 5.21. The summed E-state index contributed by atoms with van der Waals surface area (Å²) in [4.78, 5) is 36.4. The molecule has 1 rings (SSSR count). The fourth-order valence-corrected chi connectivity index (χ4v) is 2.17. The Hall–Kier alpha value is -1.85. The van der Waals surface area contributed by atoms with Crippen LogP contribution < -0.4 is 5.32 Å². The minimum Gasteiger partial charge on any atom is -0.478 e. The van der Waals surface area contributed by atoms with Gasteiger partial charge in [-0.05, 0) is 33.6 Å². The Morgan fingerprint density at radius 2 is 1.75 bits per heavy atom. The first-order chi connectivity index (χ1) is 9.34. The van der Waals surface area contributed by atoms with E-state index < -0.39 is 17.9 Å². The molecule has 1 saturated heterocycles. The lowest BCUT2D eigenvalue weighted by Gasteiger charge is -2.27. The van der Waals surface area contributed by atoms with Crippen molar-refractivity contribution >= 4 is 17.9 Å².